The Morgan fingerprint density at radius 2 is 2.06 bits per heavy atom. The maximum atomic E-state index is 5.70. The third-order valence-electron chi connectivity index (χ3n) is 3.17. The molecule has 1 rings (SSSR count). The summed E-state index contributed by atoms with van der Waals surface area (Å²) in [5.41, 5.74) is 6.93. The number of nitrogens with two attached hydrogens (primary N) is 1. The molecule has 0 saturated carbocycles. The second kappa shape index (κ2) is 4.78. The molecule has 0 aliphatic rings. The number of hydrogen-bond acceptors (Lipinski definition) is 4. The van der Waals surface area contributed by atoms with E-state index in [1.54, 1.807) is 6.20 Å². The molecule has 1 atom stereocenters. The molecule has 1 unspecified atom stereocenters. The zero-order valence-corrected chi connectivity index (χ0v) is 10.9. The predicted molar refractivity (Wildman–Crippen MR) is 67.2 cm³/mol. The summed E-state index contributed by atoms with van der Waals surface area (Å²) in [6, 6.07) is 2.29. The van der Waals surface area contributed by atoms with E-state index in [0.717, 1.165) is 11.4 Å². The van der Waals surface area contributed by atoms with Crippen molar-refractivity contribution in [2.24, 2.45) is 11.1 Å². The Morgan fingerprint density at radius 1 is 1.44 bits per heavy atom. The molecule has 0 aliphatic heterocycles. The van der Waals surface area contributed by atoms with Crippen molar-refractivity contribution in [1.82, 2.24) is 10.2 Å². The van der Waals surface area contributed by atoms with Gasteiger partial charge in [-0.25, -0.2) is 0 Å². The molecule has 0 spiro atoms. The highest BCUT2D eigenvalue weighted by atomic mass is 15.3. The van der Waals surface area contributed by atoms with E-state index in [-0.39, 0.29) is 5.41 Å². The Bertz CT molecular complexity index is 343. The van der Waals surface area contributed by atoms with Gasteiger partial charge in [0.05, 0.1) is 6.20 Å². The lowest BCUT2D eigenvalue weighted by Crippen LogP contribution is -2.40. The molecule has 1 aromatic rings. The normalized spacial score (nSPS) is 13.6. The van der Waals surface area contributed by atoms with Gasteiger partial charge in [0, 0.05) is 25.2 Å². The van der Waals surface area contributed by atoms with Crippen LogP contribution in [0, 0.1) is 5.41 Å². The van der Waals surface area contributed by atoms with Crippen molar-refractivity contribution in [3.05, 3.63) is 17.8 Å². The molecule has 0 radical (unpaired) electrons. The summed E-state index contributed by atoms with van der Waals surface area (Å²) in [6.45, 7) is 9.33. The van der Waals surface area contributed by atoms with Crippen molar-refractivity contribution in [1.29, 1.82) is 0 Å². The molecule has 0 bridgehead atoms. The molecule has 0 aliphatic carbocycles. The minimum atomic E-state index is 0.193. The first kappa shape index (κ1) is 12.9. The van der Waals surface area contributed by atoms with Gasteiger partial charge in [0.15, 0.2) is 5.82 Å². The molecule has 1 aromatic heterocycles. The first-order valence-corrected chi connectivity index (χ1v) is 5.61. The van der Waals surface area contributed by atoms with Gasteiger partial charge in [-0.2, -0.15) is 5.10 Å². The van der Waals surface area contributed by atoms with Crippen LogP contribution in [0.1, 0.15) is 33.3 Å². The summed E-state index contributed by atoms with van der Waals surface area (Å²) in [5, 5.41) is 8.11. The van der Waals surface area contributed by atoms with E-state index < -0.39 is 0 Å². The van der Waals surface area contributed by atoms with Crippen LogP contribution < -0.4 is 10.6 Å². The summed E-state index contributed by atoms with van der Waals surface area (Å²) in [6.07, 6.45) is 1.68. The molecule has 2 N–H and O–H groups in total. The average molecular weight is 222 g/mol. The lowest BCUT2D eigenvalue weighted by Gasteiger charge is -2.36. The SMILES string of the molecule is CC(N(C)c1nnccc1CN)C(C)(C)C. The Labute approximate surface area is 97.9 Å². The number of anilines is 1. The molecule has 90 valence electrons. The third kappa shape index (κ3) is 2.70. The maximum absolute atomic E-state index is 5.70. The topological polar surface area (TPSA) is 55.0 Å². The van der Waals surface area contributed by atoms with Gasteiger partial charge in [-0.15, -0.1) is 5.10 Å². The van der Waals surface area contributed by atoms with Crippen LogP contribution in [0.2, 0.25) is 0 Å². The van der Waals surface area contributed by atoms with E-state index in [0.29, 0.717) is 12.6 Å². The number of nitrogens with zero attached hydrogens (tertiary/aromatic N) is 3. The molecule has 4 heteroatoms. The minimum absolute atomic E-state index is 0.193. The van der Waals surface area contributed by atoms with Crippen molar-refractivity contribution in [3.8, 4) is 0 Å². The van der Waals surface area contributed by atoms with Gasteiger partial charge in [-0.05, 0) is 18.4 Å². The lowest BCUT2D eigenvalue weighted by atomic mass is 9.87. The molecule has 0 aromatic carbocycles. The van der Waals surface area contributed by atoms with Gasteiger partial charge in [0.1, 0.15) is 0 Å². The highest BCUT2D eigenvalue weighted by Crippen LogP contribution is 2.27. The van der Waals surface area contributed by atoms with Crippen LogP contribution in [0.5, 0.6) is 0 Å². The van der Waals surface area contributed by atoms with Crippen LogP contribution >= 0.6 is 0 Å². The van der Waals surface area contributed by atoms with E-state index >= 15 is 0 Å². The van der Waals surface area contributed by atoms with Gasteiger partial charge in [-0.1, -0.05) is 20.8 Å². The highest BCUT2D eigenvalue weighted by Gasteiger charge is 2.25. The largest absolute Gasteiger partial charge is 0.355 e. The van der Waals surface area contributed by atoms with Crippen LogP contribution in [-0.4, -0.2) is 23.3 Å². The summed E-state index contributed by atoms with van der Waals surface area (Å²) >= 11 is 0. The van der Waals surface area contributed by atoms with E-state index in [2.05, 4.69) is 42.8 Å². The van der Waals surface area contributed by atoms with Gasteiger partial charge < -0.3 is 10.6 Å². The standard InChI is InChI=1S/C12H22N4/c1-9(12(2,3)4)16(5)11-10(8-13)6-7-14-15-11/h6-7,9H,8,13H2,1-5H3. The van der Waals surface area contributed by atoms with Crippen LogP contribution in [0.25, 0.3) is 0 Å². The van der Waals surface area contributed by atoms with Crippen LogP contribution in [0.4, 0.5) is 5.82 Å². The second-order valence-corrected chi connectivity index (χ2v) is 5.24. The highest BCUT2D eigenvalue weighted by molar-refractivity contribution is 5.45. The van der Waals surface area contributed by atoms with Gasteiger partial charge in [0.2, 0.25) is 0 Å². The van der Waals surface area contributed by atoms with Gasteiger partial charge in [0.25, 0.3) is 0 Å². The van der Waals surface area contributed by atoms with Crippen LogP contribution in [0.3, 0.4) is 0 Å². The number of aromatic nitrogens is 2. The van der Waals surface area contributed by atoms with Crippen molar-refractivity contribution in [2.45, 2.75) is 40.3 Å². The van der Waals surface area contributed by atoms with Crippen molar-refractivity contribution in [2.75, 3.05) is 11.9 Å². The number of hydrogen-bond donors (Lipinski definition) is 1. The summed E-state index contributed by atoms with van der Waals surface area (Å²) in [4.78, 5) is 2.15. The fraction of sp³-hybridized carbons (Fsp3) is 0.667. The van der Waals surface area contributed by atoms with Crippen molar-refractivity contribution in [3.63, 3.8) is 0 Å². The Kier molecular flexibility index (Phi) is 3.86. The predicted octanol–water partition coefficient (Wildman–Crippen LogP) is 1.81. The second-order valence-electron chi connectivity index (χ2n) is 5.24. The molecule has 0 saturated heterocycles. The average Bonchev–Trinajstić information content (AvgIpc) is 2.25. The third-order valence-corrected chi connectivity index (χ3v) is 3.17. The van der Waals surface area contributed by atoms with Crippen molar-refractivity contribution < 1.29 is 0 Å². The molecule has 16 heavy (non-hydrogen) atoms. The van der Waals surface area contributed by atoms with Gasteiger partial charge in [-0.3, -0.25) is 0 Å². The van der Waals surface area contributed by atoms with Gasteiger partial charge >= 0.3 is 0 Å². The number of rotatable bonds is 3. The van der Waals surface area contributed by atoms with Crippen molar-refractivity contribution >= 4 is 5.82 Å². The zero-order chi connectivity index (χ0) is 12.3. The van der Waals surface area contributed by atoms with E-state index in [1.807, 2.05) is 13.1 Å². The molecule has 4 nitrogen and oxygen atoms in total. The first-order chi connectivity index (χ1) is 7.38. The summed E-state index contributed by atoms with van der Waals surface area (Å²) in [7, 11) is 2.04. The molecule has 0 fully saturated rings. The maximum Gasteiger partial charge on any atom is 0.155 e. The summed E-state index contributed by atoms with van der Waals surface area (Å²) < 4.78 is 0. The first-order valence-electron chi connectivity index (χ1n) is 5.61. The van der Waals surface area contributed by atoms with E-state index in [4.69, 9.17) is 5.73 Å². The fourth-order valence-corrected chi connectivity index (χ4v) is 1.57. The molecular weight excluding hydrogens is 200 g/mol. The smallest absolute Gasteiger partial charge is 0.155 e. The Hall–Kier alpha value is -1.16. The Balaban J connectivity index is 3.00. The Morgan fingerprint density at radius 3 is 2.56 bits per heavy atom. The lowest BCUT2D eigenvalue weighted by molar-refractivity contribution is 0.328. The molecule has 0 amide bonds. The minimum Gasteiger partial charge on any atom is -0.355 e. The van der Waals surface area contributed by atoms with E-state index in [9.17, 15) is 0 Å². The van der Waals surface area contributed by atoms with E-state index in [1.165, 1.54) is 0 Å². The monoisotopic (exact) mass is 222 g/mol. The quantitative estimate of drug-likeness (QED) is 0.847. The zero-order valence-electron chi connectivity index (χ0n) is 10.9. The summed E-state index contributed by atoms with van der Waals surface area (Å²) in [5.74, 6) is 0.882. The van der Waals surface area contributed by atoms with Crippen LogP contribution in [-0.2, 0) is 6.54 Å². The fourth-order valence-electron chi connectivity index (χ4n) is 1.57. The molecular formula is C12H22N4. The molecule has 1 heterocycles. The van der Waals surface area contributed by atoms with Crippen LogP contribution in [0.15, 0.2) is 12.3 Å².